The smallest absolute Gasteiger partial charge is 0.410 e. The number of halogens is 3. The first kappa shape index (κ1) is 18.3. The molecular weight excluding hydrogens is 377 g/mol. The zero-order valence-electron chi connectivity index (χ0n) is 14.9. The first-order valence-electron chi connectivity index (χ1n) is 8.62. The minimum atomic E-state index is -4.46. The average molecular weight is 394 g/mol. The van der Waals surface area contributed by atoms with E-state index in [1.54, 1.807) is 18.6 Å². The number of carbonyl (C=O) groups excluding carboxylic acids is 1. The fraction of sp³-hybridized carbons (Fsp3) is 0.412. The summed E-state index contributed by atoms with van der Waals surface area (Å²) >= 11 is 0. The van der Waals surface area contributed by atoms with Crippen molar-refractivity contribution in [2.75, 3.05) is 31.6 Å². The number of hydrogen-bond donors (Lipinski definition) is 1. The van der Waals surface area contributed by atoms with Gasteiger partial charge in [0.2, 0.25) is 0 Å². The number of alkyl halides is 3. The number of aromatic amines is 1. The van der Waals surface area contributed by atoms with Crippen LogP contribution in [0.4, 0.5) is 23.7 Å². The number of fused-ring (bicyclic) bond motifs is 3. The second-order valence-corrected chi connectivity index (χ2v) is 6.70. The second-order valence-electron chi connectivity index (χ2n) is 6.70. The third-order valence-corrected chi connectivity index (χ3v) is 4.64. The van der Waals surface area contributed by atoms with Gasteiger partial charge in [0.15, 0.2) is 5.65 Å². The molecule has 1 saturated heterocycles. The van der Waals surface area contributed by atoms with Crippen molar-refractivity contribution in [1.82, 2.24) is 25.1 Å². The molecule has 0 radical (unpaired) electrons. The lowest BCUT2D eigenvalue weighted by Crippen LogP contribution is -2.38. The molecule has 28 heavy (non-hydrogen) atoms. The van der Waals surface area contributed by atoms with Gasteiger partial charge in [-0.1, -0.05) is 0 Å². The number of pyridine rings is 1. The third-order valence-electron chi connectivity index (χ3n) is 4.64. The Morgan fingerprint density at radius 3 is 3.00 bits per heavy atom. The number of ether oxygens (including phenoxy) is 1. The van der Waals surface area contributed by atoms with E-state index in [2.05, 4.69) is 20.2 Å². The van der Waals surface area contributed by atoms with E-state index in [9.17, 15) is 18.0 Å². The summed E-state index contributed by atoms with van der Waals surface area (Å²) in [5.74, 6) is 0. The van der Waals surface area contributed by atoms with Crippen molar-refractivity contribution in [1.29, 1.82) is 0 Å². The maximum atomic E-state index is 12.4. The summed E-state index contributed by atoms with van der Waals surface area (Å²) in [5.41, 5.74) is 2.18. The van der Waals surface area contributed by atoms with Gasteiger partial charge in [-0.05, 0) is 6.07 Å². The van der Waals surface area contributed by atoms with Crippen molar-refractivity contribution < 1.29 is 22.7 Å². The molecule has 1 aliphatic heterocycles. The molecule has 148 valence electrons. The highest BCUT2D eigenvalue weighted by Gasteiger charge is 2.34. The van der Waals surface area contributed by atoms with Crippen molar-refractivity contribution in [2.24, 2.45) is 0 Å². The van der Waals surface area contributed by atoms with Gasteiger partial charge in [0.05, 0.1) is 30.1 Å². The minimum Gasteiger partial charge on any atom is -0.444 e. The molecule has 0 bridgehead atoms. The van der Waals surface area contributed by atoms with E-state index in [-0.39, 0.29) is 0 Å². The molecule has 0 spiro atoms. The van der Waals surface area contributed by atoms with Crippen LogP contribution in [-0.2, 0) is 4.74 Å². The van der Waals surface area contributed by atoms with E-state index in [1.165, 1.54) is 0 Å². The summed E-state index contributed by atoms with van der Waals surface area (Å²) < 4.78 is 42.6. The molecule has 4 rings (SSSR count). The molecule has 1 amide bonds. The standard InChI is InChI=1S/C17H17F3N6O2/c1-25(9-17(18,19)20)16(27)28-10-3-5-26(8-10)13-7-23-24-12-6-22-15-11(14(12)13)2-4-21-15/h2,4,6-7,10,24H,3,5,8-9H2,1H3. The highest BCUT2D eigenvalue weighted by atomic mass is 19.4. The normalized spacial score (nSPS) is 17.4. The van der Waals surface area contributed by atoms with Crippen molar-refractivity contribution in [3.05, 3.63) is 24.7 Å². The molecule has 0 saturated carbocycles. The molecule has 0 aliphatic carbocycles. The van der Waals surface area contributed by atoms with Gasteiger partial charge < -0.3 is 14.5 Å². The maximum Gasteiger partial charge on any atom is 0.410 e. The molecule has 1 fully saturated rings. The zero-order chi connectivity index (χ0) is 19.9. The summed E-state index contributed by atoms with van der Waals surface area (Å²) in [6.45, 7) is -0.398. The van der Waals surface area contributed by atoms with Gasteiger partial charge in [0.25, 0.3) is 0 Å². The lowest BCUT2D eigenvalue weighted by molar-refractivity contribution is -0.140. The van der Waals surface area contributed by atoms with E-state index < -0.39 is 24.9 Å². The predicted molar refractivity (Wildman–Crippen MR) is 95.0 cm³/mol. The SMILES string of the molecule is CN(CC(F)(F)F)C(=O)OC1CCN(c2cn[nH]c3cnc4nccc4c23)C1. The van der Waals surface area contributed by atoms with E-state index >= 15 is 0 Å². The Kier molecular flexibility index (Phi) is 4.44. The van der Waals surface area contributed by atoms with Crippen LogP contribution >= 0.6 is 0 Å². The number of hydrogen-bond acceptors (Lipinski definition) is 6. The number of nitrogens with zero attached hydrogens (tertiary/aromatic N) is 5. The minimum absolute atomic E-state index is 0.365. The Bertz CT molecular complexity index is 1020. The van der Waals surface area contributed by atoms with Gasteiger partial charge in [-0.2, -0.15) is 18.3 Å². The highest BCUT2D eigenvalue weighted by molar-refractivity contribution is 6.09. The van der Waals surface area contributed by atoms with Crippen LogP contribution in [0, 0.1) is 0 Å². The van der Waals surface area contributed by atoms with Gasteiger partial charge in [-0.3, -0.25) is 5.10 Å². The summed E-state index contributed by atoms with van der Waals surface area (Å²) in [6, 6.07) is 1.86. The van der Waals surface area contributed by atoms with Gasteiger partial charge in [-0.15, -0.1) is 0 Å². The summed E-state index contributed by atoms with van der Waals surface area (Å²) in [4.78, 5) is 22.9. The Hall–Kier alpha value is -3.11. The van der Waals surface area contributed by atoms with E-state index in [1.807, 2.05) is 11.0 Å². The van der Waals surface area contributed by atoms with Crippen molar-refractivity contribution in [3.8, 4) is 0 Å². The van der Waals surface area contributed by atoms with Crippen molar-refractivity contribution >= 4 is 33.7 Å². The molecule has 4 heterocycles. The summed E-state index contributed by atoms with van der Waals surface area (Å²) in [7, 11) is 1.07. The lowest BCUT2D eigenvalue weighted by Gasteiger charge is -2.22. The van der Waals surface area contributed by atoms with Crippen LogP contribution in [0.3, 0.4) is 0 Å². The highest BCUT2D eigenvalue weighted by Crippen LogP contribution is 2.32. The van der Waals surface area contributed by atoms with Gasteiger partial charge >= 0.3 is 12.3 Å². The number of H-pyrrole nitrogens is 1. The topological polar surface area (TPSA) is 87.2 Å². The summed E-state index contributed by atoms with van der Waals surface area (Å²) in [5, 5.41) is 8.82. The zero-order valence-corrected chi connectivity index (χ0v) is 14.9. The molecular formula is C17H17F3N6O2. The molecule has 1 atom stereocenters. The Morgan fingerprint density at radius 1 is 1.39 bits per heavy atom. The van der Waals surface area contributed by atoms with Crippen molar-refractivity contribution in [3.63, 3.8) is 0 Å². The monoisotopic (exact) mass is 394 g/mol. The van der Waals surface area contributed by atoms with Crippen LogP contribution in [0.25, 0.3) is 21.9 Å². The molecule has 3 aromatic rings. The predicted octanol–water partition coefficient (Wildman–Crippen LogP) is 2.72. The number of amides is 1. The second kappa shape index (κ2) is 6.80. The molecule has 1 N–H and O–H groups in total. The van der Waals surface area contributed by atoms with Crippen LogP contribution < -0.4 is 4.90 Å². The van der Waals surface area contributed by atoms with Gasteiger partial charge in [-0.25, -0.2) is 14.8 Å². The van der Waals surface area contributed by atoms with Crippen LogP contribution in [-0.4, -0.2) is 70.1 Å². The Labute approximate surface area is 157 Å². The molecule has 0 aromatic carbocycles. The molecule has 11 heteroatoms. The van der Waals surface area contributed by atoms with Crippen LogP contribution in [0.1, 0.15) is 6.42 Å². The summed E-state index contributed by atoms with van der Waals surface area (Å²) in [6.07, 6.45) is -0.438. The lowest BCUT2D eigenvalue weighted by atomic mass is 10.1. The maximum absolute atomic E-state index is 12.4. The fourth-order valence-electron chi connectivity index (χ4n) is 3.40. The average Bonchev–Trinajstić information content (AvgIpc) is 3.28. The van der Waals surface area contributed by atoms with Crippen molar-refractivity contribution in [2.45, 2.75) is 18.7 Å². The third kappa shape index (κ3) is 3.51. The van der Waals surface area contributed by atoms with E-state index in [0.29, 0.717) is 30.1 Å². The molecule has 1 aliphatic rings. The van der Waals surface area contributed by atoms with E-state index in [0.717, 1.165) is 29.0 Å². The molecule has 3 aromatic heterocycles. The van der Waals surface area contributed by atoms with Crippen LogP contribution in [0.2, 0.25) is 0 Å². The number of rotatable bonds is 3. The van der Waals surface area contributed by atoms with E-state index in [4.69, 9.17) is 4.74 Å². The van der Waals surface area contributed by atoms with Gasteiger partial charge in [0.1, 0.15) is 12.6 Å². The Morgan fingerprint density at radius 2 is 2.21 bits per heavy atom. The fourth-order valence-corrected chi connectivity index (χ4v) is 3.40. The largest absolute Gasteiger partial charge is 0.444 e. The first-order valence-corrected chi connectivity index (χ1v) is 8.62. The number of aromatic nitrogens is 4. The van der Waals surface area contributed by atoms with Gasteiger partial charge in [0, 0.05) is 37.0 Å². The Balaban J connectivity index is 1.52. The molecule has 8 nitrogen and oxygen atoms in total. The molecule has 1 unspecified atom stereocenters. The number of carbonyl (C=O) groups is 1. The van der Waals surface area contributed by atoms with Crippen LogP contribution in [0.5, 0.6) is 0 Å². The quantitative estimate of drug-likeness (QED) is 0.735. The first-order chi connectivity index (χ1) is 13.3. The number of nitrogens with one attached hydrogen (secondary N) is 1. The number of anilines is 1. The van der Waals surface area contributed by atoms with Crippen LogP contribution in [0.15, 0.2) is 24.7 Å².